The summed E-state index contributed by atoms with van der Waals surface area (Å²) in [6.07, 6.45) is 3.49. The fourth-order valence-corrected chi connectivity index (χ4v) is 4.13. The van der Waals surface area contributed by atoms with Crippen LogP contribution in [-0.4, -0.2) is 37.4 Å². The first kappa shape index (κ1) is 12.1. The predicted octanol–water partition coefficient (Wildman–Crippen LogP) is 2.36. The normalized spacial score (nSPS) is 36.3. The second-order valence-electron chi connectivity index (χ2n) is 6.28. The summed E-state index contributed by atoms with van der Waals surface area (Å²) < 4.78 is 6.15. The third-order valence-corrected chi connectivity index (χ3v) is 4.35. The Morgan fingerprint density at radius 1 is 1.38 bits per heavy atom. The summed E-state index contributed by atoms with van der Waals surface area (Å²) >= 11 is 0. The molecule has 2 unspecified atom stereocenters. The summed E-state index contributed by atoms with van der Waals surface area (Å²) in [4.78, 5) is 2.48. The van der Waals surface area contributed by atoms with Gasteiger partial charge in [-0.3, -0.25) is 4.90 Å². The van der Waals surface area contributed by atoms with E-state index in [1.54, 1.807) is 0 Å². The molecule has 1 saturated carbocycles. The fourth-order valence-electron chi connectivity index (χ4n) is 2.77. The van der Waals surface area contributed by atoms with Crippen LogP contribution in [0.3, 0.4) is 0 Å². The molecule has 1 aliphatic carbocycles. The van der Waals surface area contributed by atoms with Crippen molar-refractivity contribution in [1.82, 2.24) is 4.90 Å². The second kappa shape index (κ2) is 3.83. The van der Waals surface area contributed by atoms with Gasteiger partial charge in [0, 0.05) is 25.0 Å². The Morgan fingerprint density at radius 2 is 2.00 bits per heavy atom. The average Bonchev–Trinajstić information content (AvgIpc) is 2.91. The van der Waals surface area contributed by atoms with Gasteiger partial charge in [0.05, 0.1) is 6.07 Å². The van der Waals surface area contributed by atoms with E-state index in [-0.39, 0.29) is 0 Å². The molecule has 3 nitrogen and oxygen atoms in total. The monoisotopic (exact) mass is 238 g/mol. The van der Waals surface area contributed by atoms with Crippen LogP contribution >= 0.6 is 0 Å². The molecule has 4 heteroatoms. The van der Waals surface area contributed by atoms with Crippen molar-refractivity contribution in [2.24, 2.45) is 0 Å². The van der Waals surface area contributed by atoms with Crippen LogP contribution in [0.25, 0.3) is 0 Å². The zero-order chi connectivity index (χ0) is 12.0. The van der Waals surface area contributed by atoms with Crippen molar-refractivity contribution in [2.45, 2.75) is 63.5 Å². The molecular formula is C12H22N2OSi. The van der Waals surface area contributed by atoms with E-state index in [2.05, 4.69) is 37.5 Å². The summed E-state index contributed by atoms with van der Waals surface area (Å²) in [5.74, 6) is 0. The maximum Gasteiger partial charge on any atom is 0.185 e. The van der Waals surface area contributed by atoms with E-state index < -0.39 is 13.9 Å². The van der Waals surface area contributed by atoms with Crippen molar-refractivity contribution in [1.29, 1.82) is 5.26 Å². The molecular weight excluding hydrogens is 216 g/mol. The van der Waals surface area contributed by atoms with Crippen LogP contribution in [0.5, 0.6) is 0 Å². The fraction of sp³-hybridized carbons (Fsp3) is 0.917. The highest BCUT2D eigenvalue weighted by molar-refractivity contribution is 6.69. The van der Waals surface area contributed by atoms with Crippen LogP contribution in [0.1, 0.15) is 26.2 Å². The average molecular weight is 238 g/mol. The van der Waals surface area contributed by atoms with Crippen molar-refractivity contribution in [3.05, 3.63) is 0 Å². The molecule has 2 aliphatic rings. The largest absolute Gasteiger partial charge is 0.399 e. The first-order valence-corrected chi connectivity index (χ1v) is 9.63. The lowest BCUT2D eigenvalue weighted by Gasteiger charge is -2.30. The summed E-state index contributed by atoms with van der Waals surface area (Å²) in [5.41, 5.74) is -0.521. The molecule has 0 N–H and O–H groups in total. The van der Waals surface area contributed by atoms with E-state index in [0.29, 0.717) is 6.04 Å². The standard InChI is InChI=1S/C12H22N2OSi/c1-10-7-12(8-13,15-16(2,3)4)9-14(10)11-5-6-11/h10-11H,5-7,9H2,1-4H3. The van der Waals surface area contributed by atoms with Crippen LogP contribution < -0.4 is 0 Å². The molecule has 90 valence electrons. The Kier molecular flexibility index (Phi) is 2.90. The van der Waals surface area contributed by atoms with E-state index in [1.165, 1.54) is 12.8 Å². The lowest BCUT2D eigenvalue weighted by molar-refractivity contribution is 0.124. The van der Waals surface area contributed by atoms with Gasteiger partial charge in [0.15, 0.2) is 13.9 Å². The van der Waals surface area contributed by atoms with E-state index in [9.17, 15) is 5.26 Å². The molecule has 1 heterocycles. The molecule has 2 atom stereocenters. The van der Waals surface area contributed by atoms with E-state index in [0.717, 1.165) is 19.0 Å². The summed E-state index contributed by atoms with van der Waals surface area (Å²) in [6.45, 7) is 9.54. The summed E-state index contributed by atoms with van der Waals surface area (Å²) in [6, 6.07) is 3.68. The maximum absolute atomic E-state index is 9.44. The maximum atomic E-state index is 9.44. The number of hydrogen-bond donors (Lipinski definition) is 0. The van der Waals surface area contributed by atoms with E-state index in [4.69, 9.17) is 4.43 Å². The van der Waals surface area contributed by atoms with Crippen LogP contribution in [0.2, 0.25) is 19.6 Å². The molecule has 0 bridgehead atoms. The first-order chi connectivity index (χ1) is 7.35. The minimum atomic E-state index is -1.64. The van der Waals surface area contributed by atoms with Crippen LogP contribution in [-0.2, 0) is 4.43 Å². The van der Waals surface area contributed by atoms with Gasteiger partial charge in [-0.25, -0.2) is 0 Å². The van der Waals surface area contributed by atoms with Crippen molar-refractivity contribution in [3.63, 3.8) is 0 Å². The third kappa shape index (κ3) is 2.48. The first-order valence-electron chi connectivity index (χ1n) is 6.22. The van der Waals surface area contributed by atoms with Gasteiger partial charge in [-0.1, -0.05) is 0 Å². The molecule has 0 radical (unpaired) electrons. The Balaban J connectivity index is 2.09. The molecule has 16 heavy (non-hydrogen) atoms. The van der Waals surface area contributed by atoms with Gasteiger partial charge < -0.3 is 4.43 Å². The van der Waals surface area contributed by atoms with E-state index in [1.807, 2.05) is 0 Å². The predicted molar refractivity (Wildman–Crippen MR) is 66.6 cm³/mol. The number of nitriles is 1. The molecule has 1 aliphatic heterocycles. The van der Waals surface area contributed by atoms with Gasteiger partial charge in [0.25, 0.3) is 0 Å². The van der Waals surface area contributed by atoms with Crippen LogP contribution in [0.4, 0.5) is 0 Å². The zero-order valence-electron chi connectivity index (χ0n) is 10.8. The number of likely N-dealkylation sites (tertiary alicyclic amines) is 1. The number of rotatable bonds is 3. The minimum absolute atomic E-state index is 0.503. The lowest BCUT2D eigenvalue weighted by atomic mass is 10.0. The highest BCUT2D eigenvalue weighted by Crippen LogP contribution is 2.39. The molecule has 0 aromatic heterocycles. The van der Waals surface area contributed by atoms with Crippen molar-refractivity contribution in [3.8, 4) is 6.07 Å². The topological polar surface area (TPSA) is 36.3 Å². The van der Waals surface area contributed by atoms with Gasteiger partial charge in [-0.15, -0.1) is 0 Å². The summed E-state index contributed by atoms with van der Waals surface area (Å²) in [5, 5.41) is 9.44. The third-order valence-electron chi connectivity index (χ3n) is 3.35. The van der Waals surface area contributed by atoms with Gasteiger partial charge in [0.2, 0.25) is 0 Å². The Morgan fingerprint density at radius 3 is 2.44 bits per heavy atom. The number of nitrogens with zero attached hydrogens (tertiary/aromatic N) is 2. The Bertz CT molecular complexity index is 316. The van der Waals surface area contributed by atoms with Crippen LogP contribution in [0.15, 0.2) is 0 Å². The lowest BCUT2D eigenvalue weighted by Crippen LogP contribution is -2.44. The smallest absolute Gasteiger partial charge is 0.185 e. The van der Waals surface area contributed by atoms with Crippen LogP contribution in [0, 0.1) is 11.3 Å². The highest BCUT2D eigenvalue weighted by atomic mass is 28.4. The van der Waals surface area contributed by atoms with Crippen molar-refractivity contribution < 1.29 is 4.43 Å². The molecule has 2 fully saturated rings. The highest BCUT2D eigenvalue weighted by Gasteiger charge is 2.49. The SMILES string of the molecule is CC1CC(C#N)(O[Si](C)(C)C)CN1C1CC1. The van der Waals surface area contributed by atoms with Gasteiger partial charge in [-0.2, -0.15) is 5.26 Å². The Hall–Kier alpha value is -0.373. The second-order valence-corrected chi connectivity index (χ2v) is 10.7. The minimum Gasteiger partial charge on any atom is -0.399 e. The van der Waals surface area contributed by atoms with Crippen molar-refractivity contribution >= 4 is 8.32 Å². The molecule has 0 amide bonds. The van der Waals surface area contributed by atoms with Crippen molar-refractivity contribution in [2.75, 3.05) is 6.54 Å². The zero-order valence-corrected chi connectivity index (χ0v) is 11.8. The molecule has 0 aromatic carbocycles. The molecule has 0 spiro atoms. The van der Waals surface area contributed by atoms with Gasteiger partial charge in [-0.05, 0) is 39.4 Å². The Labute approximate surface area is 99.5 Å². The molecule has 2 rings (SSSR count). The molecule has 1 saturated heterocycles. The van der Waals surface area contributed by atoms with E-state index >= 15 is 0 Å². The van der Waals surface area contributed by atoms with Gasteiger partial charge >= 0.3 is 0 Å². The number of hydrogen-bond acceptors (Lipinski definition) is 3. The van der Waals surface area contributed by atoms with Gasteiger partial charge in [0.1, 0.15) is 0 Å². The summed E-state index contributed by atoms with van der Waals surface area (Å²) in [7, 11) is -1.64. The quantitative estimate of drug-likeness (QED) is 0.708. The molecule has 0 aromatic rings.